The standard InChI is InChI=1S/C20H10F2N6/c21-9-1-3-11-13(5-9)15(25-7-23)19-17(11)27-20-16(26-8-24)14-6-10(22)2-4-12(14)18(20)28-19/h1-6,17-19,28H/b25-15+,26-16+. The van der Waals surface area contributed by atoms with E-state index in [4.69, 9.17) is 15.5 Å². The van der Waals surface area contributed by atoms with E-state index in [1.54, 1.807) is 24.5 Å². The predicted octanol–water partition coefficient (Wildman–Crippen LogP) is 2.73. The average Bonchev–Trinajstić information content (AvgIpc) is 3.13. The molecule has 0 fully saturated rings. The molecule has 2 aliphatic carbocycles. The number of hydrogen-bond acceptors (Lipinski definition) is 6. The lowest BCUT2D eigenvalue weighted by Crippen LogP contribution is -2.45. The van der Waals surface area contributed by atoms with Crippen molar-refractivity contribution in [2.75, 3.05) is 0 Å². The fourth-order valence-corrected chi connectivity index (χ4v) is 4.21. The molecule has 2 aromatic carbocycles. The normalized spacial score (nSPS) is 26.7. The van der Waals surface area contributed by atoms with E-state index in [2.05, 4.69) is 15.3 Å². The molecule has 8 heteroatoms. The van der Waals surface area contributed by atoms with Gasteiger partial charge in [0.25, 0.3) is 0 Å². The Balaban J connectivity index is 1.72. The van der Waals surface area contributed by atoms with Gasteiger partial charge in [0.05, 0.1) is 29.5 Å². The molecule has 1 N–H and O–H groups in total. The smallest absolute Gasteiger partial charge is 0.206 e. The molecule has 3 unspecified atom stereocenters. The van der Waals surface area contributed by atoms with Crippen molar-refractivity contribution in [2.24, 2.45) is 15.0 Å². The molecule has 2 aromatic rings. The minimum atomic E-state index is -0.447. The molecular weight excluding hydrogens is 362 g/mol. The summed E-state index contributed by atoms with van der Waals surface area (Å²) in [6.07, 6.45) is 3.54. The average molecular weight is 372 g/mol. The minimum Gasteiger partial charge on any atom is -0.294 e. The monoisotopic (exact) mass is 372 g/mol. The Kier molecular flexibility index (Phi) is 3.45. The Labute approximate surface area is 158 Å². The van der Waals surface area contributed by atoms with E-state index >= 15 is 0 Å². The van der Waals surface area contributed by atoms with Gasteiger partial charge in [0, 0.05) is 11.1 Å². The number of nitriles is 2. The van der Waals surface area contributed by atoms with Crippen LogP contribution in [0.25, 0.3) is 0 Å². The summed E-state index contributed by atoms with van der Waals surface area (Å²) in [7, 11) is 0. The van der Waals surface area contributed by atoms with Gasteiger partial charge in [-0.05, 0) is 35.4 Å². The molecule has 5 rings (SSSR count). The summed E-state index contributed by atoms with van der Waals surface area (Å²) in [5.74, 6) is -0.861. The first-order valence-electron chi connectivity index (χ1n) is 8.49. The summed E-state index contributed by atoms with van der Waals surface area (Å²) in [6, 6.07) is 7.28. The van der Waals surface area contributed by atoms with Crippen LogP contribution in [-0.2, 0) is 0 Å². The fraction of sp³-hybridized carbons (Fsp3) is 0.150. The van der Waals surface area contributed by atoms with Gasteiger partial charge in [-0.2, -0.15) is 20.5 Å². The second kappa shape index (κ2) is 5.88. The molecule has 0 aromatic heterocycles. The van der Waals surface area contributed by atoms with Crippen LogP contribution in [0.5, 0.6) is 0 Å². The molecule has 0 spiro atoms. The van der Waals surface area contributed by atoms with Crippen LogP contribution in [0.4, 0.5) is 8.78 Å². The van der Waals surface area contributed by atoms with Crippen molar-refractivity contribution < 1.29 is 8.78 Å². The number of nitrogens with zero attached hydrogens (tertiary/aromatic N) is 5. The second-order valence-corrected chi connectivity index (χ2v) is 6.66. The largest absolute Gasteiger partial charge is 0.294 e. The fourth-order valence-electron chi connectivity index (χ4n) is 4.21. The van der Waals surface area contributed by atoms with Gasteiger partial charge in [0.15, 0.2) is 0 Å². The van der Waals surface area contributed by atoms with Crippen molar-refractivity contribution >= 4 is 17.1 Å². The third-order valence-corrected chi connectivity index (χ3v) is 5.27. The Morgan fingerprint density at radius 2 is 1.61 bits per heavy atom. The van der Waals surface area contributed by atoms with Gasteiger partial charge in [-0.25, -0.2) is 8.78 Å². The van der Waals surface area contributed by atoms with E-state index in [1.165, 1.54) is 24.3 Å². The Bertz CT molecular complexity index is 1210. The lowest BCUT2D eigenvalue weighted by atomic mass is 9.99. The highest BCUT2D eigenvalue weighted by Crippen LogP contribution is 2.43. The van der Waals surface area contributed by atoms with Crippen molar-refractivity contribution in [3.63, 3.8) is 0 Å². The number of rotatable bonds is 0. The zero-order chi connectivity index (χ0) is 19.4. The first-order chi connectivity index (χ1) is 13.6. The van der Waals surface area contributed by atoms with Crippen LogP contribution in [0.1, 0.15) is 34.3 Å². The molecule has 3 aliphatic rings. The number of fused-ring (bicyclic) bond motifs is 6. The van der Waals surface area contributed by atoms with Gasteiger partial charge in [0.1, 0.15) is 17.3 Å². The van der Waals surface area contributed by atoms with Crippen LogP contribution in [-0.4, -0.2) is 23.2 Å². The van der Waals surface area contributed by atoms with Crippen molar-refractivity contribution in [1.29, 1.82) is 10.5 Å². The molecule has 1 heterocycles. The molecule has 6 nitrogen and oxygen atoms in total. The lowest BCUT2D eigenvalue weighted by molar-refractivity contribution is 0.499. The number of nitrogens with one attached hydrogen (secondary N) is 1. The molecule has 1 aliphatic heterocycles. The maximum absolute atomic E-state index is 13.8. The van der Waals surface area contributed by atoms with Crippen molar-refractivity contribution in [1.82, 2.24) is 5.32 Å². The van der Waals surface area contributed by atoms with Crippen LogP contribution in [0.2, 0.25) is 0 Å². The Hall–Kier alpha value is -3.75. The molecule has 0 amide bonds. The van der Waals surface area contributed by atoms with Crippen molar-refractivity contribution in [3.05, 3.63) is 70.3 Å². The van der Waals surface area contributed by atoms with Gasteiger partial charge in [-0.1, -0.05) is 12.1 Å². The van der Waals surface area contributed by atoms with Crippen LogP contribution in [0.15, 0.2) is 51.4 Å². The lowest BCUT2D eigenvalue weighted by Gasteiger charge is -2.29. The van der Waals surface area contributed by atoms with Crippen molar-refractivity contribution in [2.45, 2.75) is 18.1 Å². The molecule has 3 atom stereocenters. The van der Waals surface area contributed by atoms with E-state index in [0.29, 0.717) is 28.3 Å². The third kappa shape index (κ3) is 2.16. The highest BCUT2D eigenvalue weighted by atomic mass is 19.1. The zero-order valence-corrected chi connectivity index (χ0v) is 14.2. The van der Waals surface area contributed by atoms with E-state index in [1.807, 2.05) is 0 Å². The van der Waals surface area contributed by atoms with Gasteiger partial charge >= 0.3 is 0 Å². The number of halogens is 2. The minimum absolute atomic E-state index is 0.322. The summed E-state index contributed by atoms with van der Waals surface area (Å²) < 4.78 is 27.6. The highest BCUT2D eigenvalue weighted by molar-refractivity contribution is 6.53. The zero-order valence-electron chi connectivity index (χ0n) is 14.2. The third-order valence-electron chi connectivity index (χ3n) is 5.27. The SMILES string of the molecule is N#C/N=C1/C2=NC3c4ccc(F)cc4/C(=N\C#N)C3NC2c2ccc(F)cc21. The molecule has 28 heavy (non-hydrogen) atoms. The summed E-state index contributed by atoms with van der Waals surface area (Å²) in [6.45, 7) is 0. The molecule has 0 saturated carbocycles. The Morgan fingerprint density at radius 3 is 2.32 bits per heavy atom. The van der Waals surface area contributed by atoms with Crippen molar-refractivity contribution in [3.8, 4) is 12.4 Å². The van der Waals surface area contributed by atoms with Crippen LogP contribution < -0.4 is 5.32 Å². The Morgan fingerprint density at radius 1 is 0.929 bits per heavy atom. The molecule has 0 bridgehead atoms. The van der Waals surface area contributed by atoms with E-state index in [-0.39, 0.29) is 0 Å². The van der Waals surface area contributed by atoms with Crippen LogP contribution in [0, 0.1) is 34.5 Å². The van der Waals surface area contributed by atoms with Gasteiger partial charge in [0.2, 0.25) is 12.4 Å². The topological polar surface area (TPSA) is 96.7 Å². The summed E-state index contributed by atoms with van der Waals surface area (Å²) in [4.78, 5) is 12.6. The van der Waals surface area contributed by atoms with E-state index < -0.39 is 29.8 Å². The molecule has 0 radical (unpaired) electrons. The maximum Gasteiger partial charge on any atom is 0.206 e. The number of benzene rings is 2. The summed E-state index contributed by atoms with van der Waals surface area (Å²) in [5.41, 5.74) is 3.78. The first kappa shape index (κ1) is 16.4. The second-order valence-electron chi connectivity index (χ2n) is 6.66. The van der Waals surface area contributed by atoms with E-state index in [9.17, 15) is 8.78 Å². The van der Waals surface area contributed by atoms with E-state index in [0.717, 1.165) is 11.1 Å². The maximum atomic E-state index is 13.8. The summed E-state index contributed by atoms with van der Waals surface area (Å²) >= 11 is 0. The quantitative estimate of drug-likeness (QED) is 0.720. The highest BCUT2D eigenvalue weighted by Gasteiger charge is 2.47. The molecule has 134 valence electrons. The first-order valence-corrected chi connectivity index (χ1v) is 8.49. The number of aliphatic imine (C=N–C) groups is 3. The van der Waals surface area contributed by atoms with Crippen LogP contribution in [0.3, 0.4) is 0 Å². The predicted molar refractivity (Wildman–Crippen MR) is 96.9 cm³/mol. The molecular formula is C20H10F2N6. The summed E-state index contributed by atoms with van der Waals surface area (Å²) in [5, 5.41) is 21.6. The van der Waals surface area contributed by atoms with Gasteiger partial charge in [-0.3, -0.25) is 10.3 Å². The van der Waals surface area contributed by atoms with Gasteiger partial charge < -0.3 is 0 Å². The molecule has 0 saturated heterocycles. The van der Waals surface area contributed by atoms with Gasteiger partial charge in [-0.15, -0.1) is 0 Å². The number of hydrogen-bond donors (Lipinski definition) is 1. The van der Waals surface area contributed by atoms with Crippen LogP contribution >= 0.6 is 0 Å².